The topological polar surface area (TPSA) is 26.2 Å². The Morgan fingerprint density at radius 3 is 3.00 bits per heavy atom. The molecule has 18 heavy (non-hydrogen) atoms. The maximum atomic E-state index is 5.54. The minimum Gasteiger partial charge on any atom is -0.496 e. The molecule has 0 bridgehead atoms. The van der Waals surface area contributed by atoms with Crippen molar-refractivity contribution in [3.8, 4) is 5.75 Å². The molecule has 2 heterocycles. The molecule has 0 saturated carbocycles. The van der Waals surface area contributed by atoms with Gasteiger partial charge in [-0.05, 0) is 49.1 Å². The zero-order valence-electron chi connectivity index (χ0n) is 11.1. The van der Waals surface area contributed by atoms with Crippen LogP contribution in [0.15, 0.2) is 24.4 Å². The highest BCUT2D eigenvalue weighted by Crippen LogP contribution is 2.33. The average Bonchev–Trinajstić information content (AvgIpc) is 2.81. The van der Waals surface area contributed by atoms with Gasteiger partial charge in [-0.15, -0.1) is 0 Å². The highest BCUT2D eigenvalue weighted by Gasteiger charge is 2.17. The van der Waals surface area contributed by atoms with Crippen molar-refractivity contribution in [2.45, 2.75) is 18.8 Å². The molecule has 1 aromatic carbocycles. The number of piperidine rings is 1. The van der Waals surface area contributed by atoms with Crippen molar-refractivity contribution in [3.63, 3.8) is 0 Å². The summed E-state index contributed by atoms with van der Waals surface area (Å²) < 4.78 is 7.70. The standard InChI is InChI=1S/C15H20N2O/c1-17-7-5-13-14(17)8-12(9-15(13)18-2)11-4-3-6-16-10-11/h5,7-9,11,16H,3-4,6,10H2,1-2H3. The van der Waals surface area contributed by atoms with Crippen LogP contribution in [-0.4, -0.2) is 24.8 Å². The minimum atomic E-state index is 0.618. The Labute approximate surface area is 108 Å². The molecule has 0 spiro atoms. The lowest BCUT2D eigenvalue weighted by Gasteiger charge is -2.23. The number of methoxy groups -OCH3 is 1. The quantitative estimate of drug-likeness (QED) is 0.879. The van der Waals surface area contributed by atoms with Gasteiger partial charge >= 0.3 is 0 Å². The van der Waals surface area contributed by atoms with E-state index in [1.807, 2.05) is 0 Å². The summed E-state index contributed by atoms with van der Waals surface area (Å²) in [5, 5.41) is 4.68. The first-order valence-electron chi connectivity index (χ1n) is 6.63. The molecule has 1 N–H and O–H groups in total. The van der Waals surface area contributed by atoms with Crippen LogP contribution in [0.3, 0.4) is 0 Å². The van der Waals surface area contributed by atoms with E-state index in [4.69, 9.17) is 4.74 Å². The van der Waals surface area contributed by atoms with Gasteiger partial charge in [0, 0.05) is 25.2 Å². The molecule has 0 amide bonds. The number of hydrogen-bond donors (Lipinski definition) is 1. The van der Waals surface area contributed by atoms with E-state index in [9.17, 15) is 0 Å². The number of benzene rings is 1. The molecule has 0 radical (unpaired) electrons. The van der Waals surface area contributed by atoms with Gasteiger partial charge in [0.1, 0.15) is 5.75 Å². The van der Waals surface area contributed by atoms with Crippen LogP contribution in [0.1, 0.15) is 24.3 Å². The van der Waals surface area contributed by atoms with E-state index in [1.54, 1.807) is 7.11 Å². The molecular formula is C15H20N2O. The van der Waals surface area contributed by atoms with Gasteiger partial charge in [0.05, 0.1) is 12.6 Å². The predicted octanol–water partition coefficient (Wildman–Crippen LogP) is 2.65. The molecule has 1 aromatic heterocycles. The summed E-state index contributed by atoms with van der Waals surface area (Å²) in [6.07, 6.45) is 4.63. The third-order valence-electron chi connectivity index (χ3n) is 3.98. The average molecular weight is 244 g/mol. The molecule has 3 rings (SSSR count). The van der Waals surface area contributed by atoms with E-state index in [-0.39, 0.29) is 0 Å². The van der Waals surface area contributed by atoms with Gasteiger partial charge in [0.25, 0.3) is 0 Å². The number of aromatic nitrogens is 1. The Balaban J connectivity index is 2.08. The van der Waals surface area contributed by atoms with Crippen LogP contribution in [0, 0.1) is 0 Å². The second-order valence-electron chi connectivity index (χ2n) is 5.13. The first-order chi connectivity index (χ1) is 8.79. The van der Waals surface area contributed by atoms with Crippen LogP contribution in [0.2, 0.25) is 0 Å². The molecule has 1 aliphatic rings. The zero-order chi connectivity index (χ0) is 12.5. The maximum Gasteiger partial charge on any atom is 0.128 e. The number of fused-ring (bicyclic) bond motifs is 1. The SMILES string of the molecule is COc1cc(C2CCCNC2)cc2c1ccn2C. The van der Waals surface area contributed by atoms with Crippen molar-refractivity contribution in [2.75, 3.05) is 20.2 Å². The highest BCUT2D eigenvalue weighted by molar-refractivity contribution is 5.87. The molecule has 2 aromatic rings. The number of aryl methyl sites for hydroxylation is 1. The number of ether oxygens (including phenoxy) is 1. The van der Waals surface area contributed by atoms with Crippen LogP contribution in [0.25, 0.3) is 10.9 Å². The Kier molecular flexibility index (Phi) is 3.00. The van der Waals surface area contributed by atoms with Gasteiger partial charge in [-0.3, -0.25) is 0 Å². The molecule has 3 heteroatoms. The molecule has 3 nitrogen and oxygen atoms in total. The fraction of sp³-hybridized carbons (Fsp3) is 0.467. The van der Waals surface area contributed by atoms with Crippen LogP contribution in [0.4, 0.5) is 0 Å². The summed E-state index contributed by atoms with van der Waals surface area (Å²) in [6.45, 7) is 2.24. The predicted molar refractivity (Wildman–Crippen MR) is 74.3 cm³/mol. The third-order valence-corrected chi connectivity index (χ3v) is 3.98. The minimum absolute atomic E-state index is 0.618. The van der Waals surface area contributed by atoms with E-state index in [0.29, 0.717) is 5.92 Å². The summed E-state index contributed by atoms with van der Waals surface area (Å²) >= 11 is 0. The summed E-state index contributed by atoms with van der Waals surface area (Å²) in [5.74, 6) is 1.61. The fourth-order valence-corrected chi connectivity index (χ4v) is 2.90. The van der Waals surface area contributed by atoms with E-state index in [1.165, 1.54) is 29.3 Å². The monoisotopic (exact) mass is 244 g/mol. The van der Waals surface area contributed by atoms with Crippen LogP contribution in [0.5, 0.6) is 5.75 Å². The Morgan fingerprint density at radius 2 is 2.28 bits per heavy atom. The number of hydrogen-bond acceptors (Lipinski definition) is 2. The first kappa shape index (κ1) is 11.6. The Hall–Kier alpha value is -1.48. The zero-order valence-corrected chi connectivity index (χ0v) is 11.1. The van der Waals surface area contributed by atoms with Gasteiger partial charge in [-0.25, -0.2) is 0 Å². The van der Waals surface area contributed by atoms with Crippen molar-refractivity contribution in [2.24, 2.45) is 7.05 Å². The highest BCUT2D eigenvalue weighted by atomic mass is 16.5. The van der Waals surface area contributed by atoms with Gasteiger partial charge < -0.3 is 14.6 Å². The second kappa shape index (κ2) is 4.65. The number of nitrogens with zero attached hydrogens (tertiary/aromatic N) is 1. The molecule has 1 saturated heterocycles. The van der Waals surface area contributed by atoms with Gasteiger partial charge in [-0.2, -0.15) is 0 Å². The van der Waals surface area contributed by atoms with Crippen LogP contribution < -0.4 is 10.1 Å². The second-order valence-corrected chi connectivity index (χ2v) is 5.13. The smallest absolute Gasteiger partial charge is 0.128 e. The van der Waals surface area contributed by atoms with Crippen LogP contribution >= 0.6 is 0 Å². The maximum absolute atomic E-state index is 5.54. The van der Waals surface area contributed by atoms with Gasteiger partial charge in [0.2, 0.25) is 0 Å². The van der Waals surface area contributed by atoms with Crippen LogP contribution in [-0.2, 0) is 7.05 Å². The molecule has 1 fully saturated rings. The Bertz CT molecular complexity index is 553. The first-order valence-corrected chi connectivity index (χ1v) is 6.63. The van der Waals surface area contributed by atoms with Crippen molar-refractivity contribution in [1.29, 1.82) is 0 Å². The van der Waals surface area contributed by atoms with Crippen molar-refractivity contribution < 1.29 is 4.74 Å². The van der Waals surface area contributed by atoms with E-state index in [2.05, 4.69) is 41.3 Å². The largest absolute Gasteiger partial charge is 0.496 e. The summed E-state index contributed by atoms with van der Waals surface area (Å²) in [4.78, 5) is 0. The van der Waals surface area contributed by atoms with E-state index < -0.39 is 0 Å². The molecule has 0 aliphatic carbocycles. The normalized spacial score (nSPS) is 20.2. The molecule has 96 valence electrons. The van der Waals surface area contributed by atoms with E-state index in [0.717, 1.165) is 18.8 Å². The fourth-order valence-electron chi connectivity index (χ4n) is 2.90. The summed E-state index contributed by atoms with van der Waals surface area (Å²) in [5.41, 5.74) is 2.66. The van der Waals surface area contributed by atoms with Gasteiger partial charge in [-0.1, -0.05) is 0 Å². The molecule has 1 aliphatic heterocycles. The lowest BCUT2D eigenvalue weighted by Crippen LogP contribution is -2.28. The van der Waals surface area contributed by atoms with Crippen molar-refractivity contribution in [1.82, 2.24) is 9.88 Å². The lowest BCUT2D eigenvalue weighted by atomic mass is 9.91. The molecule has 1 atom stereocenters. The van der Waals surface area contributed by atoms with Crippen molar-refractivity contribution >= 4 is 10.9 Å². The number of nitrogens with one attached hydrogen (secondary N) is 1. The lowest BCUT2D eigenvalue weighted by molar-refractivity contribution is 0.416. The summed E-state index contributed by atoms with van der Waals surface area (Å²) in [6, 6.07) is 6.65. The van der Waals surface area contributed by atoms with Crippen molar-refractivity contribution in [3.05, 3.63) is 30.0 Å². The Morgan fingerprint density at radius 1 is 1.39 bits per heavy atom. The molecule has 1 unspecified atom stereocenters. The molecular weight excluding hydrogens is 224 g/mol. The van der Waals surface area contributed by atoms with E-state index >= 15 is 0 Å². The third kappa shape index (κ3) is 1.89. The number of rotatable bonds is 2. The summed E-state index contributed by atoms with van der Waals surface area (Å²) in [7, 11) is 3.84. The van der Waals surface area contributed by atoms with Gasteiger partial charge in [0.15, 0.2) is 0 Å².